The van der Waals surface area contributed by atoms with Gasteiger partial charge in [0, 0.05) is 17.4 Å². The summed E-state index contributed by atoms with van der Waals surface area (Å²) >= 11 is 4.28. The molecular formula is C14H20OS2. The third-order valence-corrected chi connectivity index (χ3v) is 7.82. The quantitative estimate of drug-likeness (QED) is 0.714. The molecule has 3 aliphatic rings. The molecule has 3 aliphatic heterocycles. The van der Waals surface area contributed by atoms with Gasteiger partial charge in [-0.15, -0.1) is 23.5 Å². The second-order valence-electron chi connectivity index (χ2n) is 5.09. The molecule has 3 rings (SSSR count). The maximum Gasteiger partial charge on any atom is 0.0884 e. The molecule has 94 valence electrons. The minimum Gasteiger partial charge on any atom is -0.365 e. The Balaban J connectivity index is 1.89. The Kier molecular flexibility index (Phi) is 3.12. The smallest absolute Gasteiger partial charge is 0.0884 e. The summed E-state index contributed by atoms with van der Waals surface area (Å²) in [5, 5.41) is 0. The summed E-state index contributed by atoms with van der Waals surface area (Å²) in [6.07, 6.45) is 6.46. The molecule has 0 N–H and O–H groups in total. The molecule has 0 aliphatic carbocycles. The predicted octanol–water partition coefficient (Wildman–Crippen LogP) is 3.86. The molecule has 0 aromatic carbocycles. The molecular weight excluding hydrogens is 248 g/mol. The highest BCUT2D eigenvalue weighted by Gasteiger charge is 2.54. The zero-order chi connectivity index (χ0) is 12.0. The summed E-state index contributed by atoms with van der Waals surface area (Å²) in [5.41, 5.74) is 2.91. The Hall–Kier alpha value is 0.140. The van der Waals surface area contributed by atoms with E-state index in [1.807, 2.05) is 0 Å². The largest absolute Gasteiger partial charge is 0.365 e. The first-order valence-electron chi connectivity index (χ1n) is 6.45. The average molecular weight is 268 g/mol. The molecule has 0 aromatic rings. The first-order valence-corrected chi connectivity index (χ1v) is 8.43. The summed E-state index contributed by atoms with van der Waals surface area (Å²) in [4.78, 5) is 0. The van der Waals surface area contributed by atoms with E-state index in [1.165, 1.54) is 29.1 Å². The Bertz CT molecular complexity index is 380. The first kappa shape index (κ1) is 12.2. The lowest BCUT2D eigenvalue weighted by atomic mass is 9.80. The summed E-state index contributed by atoms with van der Waals surface area (Å²) < 4.78 is 6.59. The summed E-state index contributed by atoms with van der Waals surface area (Å²) in [6, 6.07) is 0. The summed E-state index contributed by atoms with van der Waals surface area (Å²) in [5.74, 6) is 3.30. The van der Waals surface area contributed by atoms with Crippen LogP contribution in [0.4, 0.5) is 0 Å². The third kappa shape index (κ3) is 1.73. The van der Waals surface area contributed by atoms with Gasteiger partial charge in [0.15, 0.2) is 0 Å². The fourth-order valence-corrected chi connectivity index (χ4v) is 6.62. The molecule has 2 bridgehead atoms. The van der Waals surface area contributed by atoms with Crippen LogP contribution in [0.25, 0.3) is 0 Å². The van der Waals surface area contributed by atoms with Crippen LogP contribution in [-0.2, 0) is 4.74 Å². The zero-order valence-corrected chi connectivity index (χ0v) is 12.4. The van der Waals surface area contributed by atoms with Gasteiger partial charge in [0.05, 0.1) is 16.3 Å². The summed E-state index contributed by atoms with van der Waals surface area (Å²) in [6.45, 7) is 6.71. The Morgan fingerprint density at radius 2 is 1.82 bits per heavy atom. The molecule has 0 aromatic heterocycles. The van der Waals surface area contributed by atoms with Crippen LogP contribution in [-0.4, -0.2) is 27.8 Å². The van der Waals surface area contributed by atoms with E-state index in [4.69, 9.17) is 4.74 Å². The molecule has 3 heteroatoms. The maximum absolute atomic E-state index is 6.21. The van der Waals surface area contributed by atoms with E-state index in [1.54, 1.807) is 0 Å². The van der Waals surface area contributed by atoms with Crippen LogP contribution >= 0.6 is 23.5 Å². The van der Waals surface area contributed by atoms with Gasteiger partial charge in [-0.2, -0.15) is 0 Å². The number of allylic oxidation sites excluding steroid dienone is 2. The number of thioether (sulfide) groups is 2. The molecule has 0 saturated carbocycles. The van der Waals surface area contributed by atoms with Crippen molar-refractivity contribution in [1.82, 2.24) is 0 Å². The van der Waals surface area contributed by atoms with E-state index in [2.05, 4.69) is 56.4 Å². The van der Waals surface area contributed by atoms with Gasteiger partial charge < -0.3 is 4.74 Å². The number of hydrogen-bond acceptors (Lipinski definition) is 3. The lowest BCUT2D eigenvalue weighted by molar-refractivity contribution is 0.110. The highest BCUT2D eigenvalue weighted by Crippen LogP contribution is 2.58. The van der Waals surface area contributed by atoms with E-state index in [0.29, 0.717) is 22.2 Å². The van der Waals surface area contributed by atoms with Crippen LogP contribution in [0.2, 0.25) is 0 Å². The van der Waals surface area contributed by atoms with Crippen LogP contribution in [0.15, 0.2) is 23.3 Å². The molecule has 17 heavy (non-hydrogen) atoms. The number of fused-ring (bicyclic) bond motifs is 2. The van der Waals surface area contributed by atoms with Crippen molar-refractivity contribution in [2.24, 2.45) is 5.92 Å². The van der Waals surface area contributed by atoms with Gasteiger partial charge in [-0.3, -0.25) is 0 Å². The van der Waals surface area contributed by atoms with Crippen molar-refractivity contribution < 1.29 is 4.74 Å². The fourth-order valence-electron chi connectivity index (χ4n) is 3.44. The van der Waals surface area contributed by atoms with Crippen molar-refractivity contribution in [2.45, 2.75) is 43.5 Å². The van der Waals surface area contributed by atoms with E-state index in [-0.39, 0.29) is 0 Å². The standard InChI is InChI=1S/C14H20OS2/c1-4-9-10(5-2)13-11(8-12(9)15-13)14(3)16-6-7-17-14/h4-5,11-13H,6-8H2,1-3H3/b9-4?,10-5+. The number of hydrogen-bond donors (Lipinski definition) is 0. The topological polar surface area (TPSA) is 9.23 Å². The van der Waals surface area contributed by atoms with Crippen LogP contribution in [0.5, 0.6) is 0 Å². The lowest BCUT2D eigenvalue weighted by Crippen LogP contribution is -2.35. The van der Waals surface area contributed by atoms with Crippen molar-refractivity contribution in [3.8, 4) is 0 Å². The molecule has 0 amide bonds. The normalized spacial score (nSPS) is 44.1. The van der Waals surface area contributed by atoms with E-state index in [0.717, 1.165) is 0 Å². The van der Waals surface area contributed by atoms with E-state index in [9.17, 15) is 0 Å². The van der Waals surface area contributed by atoms with Crippen LogP contribution in [0, 0.1) is 5.92 Å². The van der Waals surface area contributed by atoms with Crippen LogP contribution in [0.3, 0.4) is 0 Å². The van der Waals surface area contributed by atoms with E-state index < -0.39 is 0 Å². The van der Waals surface area contributed by atoms with Gasteiger partial charge >= 0.3 is 0 Å². The molecule has 1 nitrogen and oxygen atoms in total. The summed E-state index contributed by atoms with van der Waals surface area (Å²) in [7, 11) is 0. The molecule has 3 atom stereocenters. The third-order valence-electron chi connectivity index (χ3n) is 4.29. The SMILES string of the molecule is CC=C1/C(=C\C)C2OC1CC2C1(C)SCCS1. The van der Waals surface area contributed by atoms with Gasteiger partial charge in [-0.1, -0.05) is 12.2 Å². The second kappa shape index (κ2) is 4.36. The van der Waals surface area contributed by atoms with Gasteiger partial charge in [0.1, 0.15) is 0 Å². The maximum atomic E-state index is 6.21. The zero-order valence-electron chi connectivity index (χ0n) is 10.7. The lowest BCUT2D eigenvalue weighted by Gasteiger charge is -2.35. The fraction of sp³-hybridized carbons (Fsp3) is 0.714. The Morgan fingerprint density at radius 1 is 1.18 bits per heavy atom. The first-order chi connectivity index (χ1) is 8.19. The number of rotatable bonds is 1. The van der Waals surface area contributed by atoms with Crippen LogP contribution in [0.1, 0.15) is 27.2 Å². The van der Waals surface area contributed by atoms with Crippen molar-refractivity contribution in [2.75, 3.05) is 11.5 Å². The highest BCUT2D eigenvalue weighted by molar-refractivity contribution is 8.21. The Morgan fingerprint density at radius 3 is 2.41 bits per heavy atom. The molecule has 3 heterocycles. The van der Waals surface area contributed by atoms with Gasteiger partial charge in [0.2, 0.25) is 0 Å². The van der Waals surface area contributed by atoms with E-state index >= 15 is 0 Å². The molecule has 0 spiro atoms. The molecule has 0 radical (unpaired) electrons. The molecule has 3 saturated heterocycles. The monoisotopic (exact) mass is 268 g/mol. The van der Waals surface area contributed by atoms with Gasteiger partial charge in [-0.25, -0.2) is 0 Å². The van der Waals surface area contributed by atoms with Crippen molar-refractivity contribution >= 4 is 23.5 Å². The number of ether oxygens (including phenoxy) is 1. The predicted molar refractivity (Wildman–Crippen MR) is 77.6 cm³/mol. The molecule has 3 fully saturated rings. The average Bonchev–Trinajstić information content (AvgIpc) is 3.01. The second-order valence-corrected chi connectivity index (χ2v) is 8.44. The minimum atomic E-state index is 0.360. The highest BCUT2D eigenvalue weighted by atomic mass is 32.2. The van der Waals surface area contributed by atoms with Crippen molar-refractivity contribution in [3.63, 3.8) is 0 Å². The van der Waals surface area contributed by atoms with Gasteiger partial charge in [0.25, 0.3) is 0 Å². The van der Waals surface area contributed by atoms with Gasteiger partial charge in [-0.05, 0) is 38.3 Å². The van der Waals surface area contributed by atoms with Crippen LogP contribution < -0.4 is 0 Å². The Labute approximate surface area is 112 Å². The van der Waals surface area contributed by atoms with Crippen molar-refractivity contribution in [3.05, 3.63) is 23.3 Å². The van der Waals surface area contributed by atoms with Crippen molar-refractivity contribution in [1.29, 1.82) is 0 Å². The minimum absolute atomic E-state index is 0.360. The molecule has 3 unspecified atom stereocenters.